The first-order chi connectivity index (χ1) is 11.5. The van der Waals surface area contributed by atoms with Crippen molar-refractivity contribution in [2.45, 2.75) is 17.7 Å². The molecule has 1 aliphatic rings. The molecule has 2 N–H and O–H groups in total. The molecule has 1 aromatic carbocycles. The fourth-order valence-corrected chi connectivity index (χ4v) is 4.64. The summed E-state index contributed by atoms with van der Waals surface area (Å²) in [6.07, 6.45) is 3.61. The molecule has 1 unspecified atom stereocenters. The molecule has 24 heavy (non-hydrogen) atoms. The number of benzene rings is 1. The molecule has 7 nitrogen and oxygen atoms in total. The minimum atomic E-state index is -3.52. The normalized spacial score (nSPS) is 20.0. The van der Waals surface area contributed by atoms with E-state index >= 15 is 0 Å². The zero-order valence-corrected chi connectivity index (χ0v) is 14.7. The fourth-order valence-electron chi connectivity index (χ4n) is 3.36. The maximum atomic E-state index is 12.8. The first-order valence-electron chi connectivity index (χ1n) is 8.23. The Morgan fingerprint density at radius 3 is 3.08 bits per heavy atom. The summed E-state index contributed by atoms with van der Waals surface area (Å²) in [7, 11) is -1.88. The standard InChI is InChI=1S/C16H24N4O3S/c1-19(10-13-3-2-6-20(11-13)7-8-21)24(22,23)14-4-5-15-16(9-14)18-12-17-15/h4-5,9,12-13,21H,2-3,6-8,10-11H2,1H3,(H,17,18). The maximum absolute atomic E-state index is 12.8. The predicted molar refractivity (Wildman–Crippen MR) is 92.2 cm³/mol. The molecular formula is C16H24N4O3S. The van der Waals surface area contributed by atoms with E-state index in [-0.39, 0.29) is 11.5 Å². The third-order valence-corrected chi connectivity index (χ3v) is 6.45. The van der Waals surface area contributed by atoms with E-state index in [9.17, 15) is 8.42 Å². The number of fused-ring (bicyclic) bond motifs is 1. The number of nitrogens with zero attached hydrogens (tertiary/aromatic N) is 3. The smallest absolute Gasteiger partial charge is 0.242 e. The second-order valence-electron chi connectivity index (χ2n) is 6.40. The van der Waals surface area contributed by atoms with Crippen molar-refractivity contribution in [3.05, 3.63) is 24.5 Å². The number of hydrogen-bond acceptors (Lipinski definition) is 5. The highest BCUT2D eigenvalue weighted by atomic mass is 32.2. The summed E-state index contributed by atoms with van der Waals surface area (Å²) in [5.74, 6) is 0.293. The van der Waals surface area contributed by atoms with Gasteiger partial charge in [-0.1, -0.05) is 0 Å². The Kier molecular flexibility index (Phi) is 5.19. The summed E-state index contributed by atoms with van der Waals surface area (Å²) in [6.45, 7) is 3.10. The first kappa shape index (κ1) is 17.3. The number of rotatable bonds is 6. The Morgan fingerprint density at radius 1 is 1.46 bits per heavy atom. The number of sulfonamides is 1. The summed E-state index contributed by atoms with van der Waals surface area (Å²) < 4.78 is 27.1. The van der Waals surface area contributed by atoms with Crippen LogP contribution in [-0.4, -0.2) is 72.5 Å². The van der Waals surface area contributed by atoms with Crippen molar-refractivity contribution < 1.29 is 13.5 Å². The molecule has 132 valence electrons. The summed E-state index contributed by atoms with van der Waals surface area (Å²) in [4.78, 5) is 9.55. The van der Waals surface area contributed by atoms with Crippen molar-refractivity contribution in [2.75, 3.05) is 39.8 Å². The van der Waals surface area contributed by atoms with Crippen molar-refractivity contribution in [3.8, 4) is 0 Å². The fraction of sp³-hybridized carbons (Fsp3) is 0.562. The van der Waals surface area contributed by atoms with Gasteiger partial charge in [0, 0.05) is 26.7 Å². The minimum absolute atomic E-state index is 0.144. The molecule has 0 amide bonds. The van der Waals surface area contributed by atoms with E-state index in [0.29, 0.717) is 19.0 Å². The second kappa shape index (κ2) is 7.18. The van der Waals surface area contributed by atoms with Crippen LogP contribution in [0.15, 0.2) is 29.4 Å². The Bertz CT molecular complexity index is 787. The lowest BCUT2D eigenvalue weighted by molar-refractivity contribution is 0.132. The Labute approximate surface area is 142 Å². The molecular weight excluding hydrogens is 328 g/mol. The molecule has 0 bridgehead atoms. The van der Waals surface area contributed by atoms with Gasteiger partial charge in [-0.05, 0) is 43.5 Å². The zero-order chi connectivity index (χ0) is 17.2. The molecule has 1 aliphatic heterocycles. The van der Waals surface area contributed by atoms with E-state index in [1.807, 2.05) is 0 Å². The number of imidazole rings is 1. The zero-order valence-electron chi connectivity index (χ0n) is 13.9. The molecule has 1 saturated heterocycles. The van der Waals surface area contributed by atoms with Gasteiger partial charge in [-0.2, -0.15) is 0 Å². The molecule has 3 rings (SSSR count). The highest BCUT2D eigenvalue weighted by Crippen LogP contribution is 2.22. The number of aromatic amines is 1. The largest absolute Gasteiger partial charge is 0.395 e. The van der Waals surface area contributed by atoms with Gasteiger partial charge >= 0.3 is 0 Å². The topological polar surface area (TPSA) is 89.5 Å². The average Bonchev–Trinajstić information content (AvgIpc) is 3.03. The number of hydrogen-bond donors (Lipinski definition) is 2. The number of β-amino-alcohol motifs (C(OH)–C–C–N with tert-alkyl or cyclic N) is 1. The highest BCUT2D eigenvalue weighted by Gasteiger charge is 2.27. The lowest BCUT2D eigenvalue weighted by Crippen LogP contribution is -2.42. The van der Waals surface area contributed by atoms with Crippen LogP contribution in [0, 0.1) is 5.92 Å². The molecule has 0 radical (unpaired) electrons. The van der Waals surface area contributed by atoms with Gasteiger partial charge in [-0.3, -0.25) is 0 Å². The van der Waals surface area contributed by atoms with Crippen LogP contribution in [0.5, 0.6) is 0 Å². The Morgan fingerprint density at radius 2 is 2.29 bits per heavy atom. The molecule has 1 atom stereocenters. The lowest BCUT2D eigenvalue weighted by atomic mass is 9.98. The SMILES string of the molecule is CN(CC1CCCN(CCO)C1)S(=O)(=O)c1ccc2nc[nH]c2c1. The van der Waals surface area contributed by atoms with Gasteiger partial charge in [-0.15, -0.1) is 0 Å². The van der Waals surface area contributed by atoms with Crippen molar-refractivity contribution in [3.63, 3.8) is 0 Å². The molecule has 0 spiro atoms. The molecule has 1 aromatic heterocycles. The van der Waals surface area contributed by atoms with Crippen molar-refractivity contribution in [1.82, 2.24) is 19.2 Å². The van der Waals surface area contributed by atoms with Gasteiger partial charge in [-0.25, -0.2) is 17.7 Å². The van der Waals surface area contributed by atoms with Gasteiger partial charge in [0.2, 0.25) is 10.0 Å². The second-order valence-corrected chi connectivity index (χ2v) is 8.44. The van der Waals surface area contributed by atoms with Crippen LogP contribution in [-0.2, 0) is 10.0 Å². The number of H-pyrrole nitrogens is 1. The molecule has 2 heterocycles. The van der Waals surface area contributed by atoms with Crippen LogP contribution in [0.25, 0.3) is 11.0 Å². The van der Waals surface area contributed by atoms with Gasteiger partial charge in [0.1, 0.15) is 0 Å². The number of piperidine rings is 1. The maximum Gasteiger partial charge on any atom is 0.242 e. The van der Waals surface area contributed by atoms with Gasteiger partial charge in [0.25, 0.3) is 0 Å². The van der Waals surface area contributed by atoms with Gasteiger partial charge in [0.15, 0.2) is 0 Å². The third kappa shape index (κ3) is 3.61. The predicted octanol–water partition coefficient (Wildman–Crippen LogP) is 0.888. The Balaban J connectivity index is 1.71. The van der Waals surface area contributed by atoms with Gasteiger partial charge in [0.05, 0.1) is 28.9 Å². The van der Waals surface area contributed by atoms with Crippen LogP contribution in [0.1, 0.15) is 12.8 Å². The molecule has 0 aliphatic carbocycles. The first-order valence-corrected chi connectivity index (χ1v) is 9.67. The van der Waals surface area contributed by atoms with E-state index in [1.54, 1.807) is 31.6 Å². The van der Waals surface area contributed by atoms with Gasteiger partial charge < -0.3 is 15.0 Å². The van der Waals surface area contributed by atoms with E-state index in [1.165, 1.54) is 4.31 Å². The molecule has 0 saturated carbocycles. The van der Waals surface area contributed by atoms with Crippen molar-refractivity contribution in [1.29, 1.82) is 0 Å². The minimum Gasteiger partial charge on any atom is -0.395 e. The van der Waals surface area contributed by atoms with E-state index in [4.69, 9.17) is 5.11 Å². The summed E-state index contributed by atoms with van der Waals surface area (Å²) in [5.41, 5.74) is 1.47. The summed E-state index contributed by atoms with van der Waals surface area (Å²) in [6, 6.07) is 4.96. The summed E-state index contributed by atoms with van der Waals surface area (Å²) >= 11 is 0. The number of nitrogens with one attached hydrogen (secondary N) is 1. The number of aliphatic hydroxyl groups is 1. The number of aromatic nitrogens is 2. The number of likely N-dealkylation sites (tertiary alicyclic amines) is 1. The highest BCUT2D eigenvalue weighted by molar-refractivity contribution is 7.89. The van der Waals surface area contributed by atoms with Crippen molar-refractivity contribution in [2.24, 2.45) is 5.92 Å². The van der Waals surface area contributed by atoms with E-state index in [2.05, 4.69) is 14.9 Å². The van der Waals surface area contributed by atoms with Crippen LogP contribution in [0.4, 0.5) is 0 Å². The molecule has 1 fully saturated rings. The Hall–Kier alpha value is -1.48. The van der Waals surface area contributed by atoms with E-state index < -0.39 is 10.0 Å². The number of aliphatic hydroxyl groups excluding tert-OH is 1. The molecule has 2 aromatic rings. The average molecular weight is 352 g/mol. The monoisotopic (exact) mass is 352 g/mol. The van der Waals surface area contributed by atoms with Crippen molar-refractivity contribution >= 4 is 21.1 Å². The van der Waals surface area contributed by atoms with Crippen LogP contribution in [0.2, 0.25) is 0 Å². The quantitative estimate of drug-likeness (QED) is 0.806. The summed E-state index contributed by atoms with van der Waals surface area (Å²) in [5, 5.41) is 9.08. The van der Waals surface area contributed by atoms with Crippen LogP contribution in [0.3, 0.4) is 0 Å². The van der Waals surface area contributed by atoms with Crippen LogP contribution < -0.4 is 0 Å². The lowest BCUT2D eigenvalue weighted by Gasteiger charge is -2.34. The van der Waals surface area contributed by atoms with Crippen LogP contribution >= 0.6 is 0 Å². The van der Waals surface area contributed by atoms with E-state index in [0.717, 1.165) is 37.0 Å². The molecule has 8 heteroatoms. The third-order valence-electron chi connectivity index (χ3n) is 4.63.